The second-order valence-corrected chi connectivity index (χ2v) is 7.60. The number of carbonyl (C=O) groups is 1. The Morgan fingerprint density at radius 3 is 2.33 bits per heavy atom. The van der Waals surface area contributed by atoms with Gasteiger partial charge in [0.15, 0.2) is 0 Å². The lowest BCUT2D eigenvalue weighted by Crippen LogP contribution is -2.46. The summed E-state index contributed by atoms with van der Waals surface area (Å²) >= 11 is 0. The maximum atomic E-state index is 13.1. The third kappa shape index (κ3) is 3.13. The third-order valence-electron chi connectivity index (χ3n) is 6.21. The Labute approximate surface area is 144 Å². The first-order valence-electron chi connectivity index (χ1n) is 9.65. The fourth-order valence-corrected chi connectivity index (χ4v) is 4.91. The zero-order chi connectivity index (χ0) is 16.4. The molecule has 0 N–H and O–H groups in total. The standard InChI is InChI=1S/C19H28N4O/c24-18(23-12-3-7-17(23)15-5-1-2-6-15)16-8-13-22(14-9-16)19-20-10-4-11-21-19/h4,10-11,15-17H,1-3,5-9,12-14H2/t17-/m0/s1. The largest absolute Gasteiger partial charge is 0.341 e. The highest BCUT2D eigenvalue weighted by Gasteiger charge is 2.39. The van der Waals surface area contributed by atoms with E-state index in [0.29, 0.717) is 11.9 Å². The number of amides is 1. The Balaban J connectivity index is 1.35. The van der Waals surface area contributed by atoms with E-state index in [9.17, 15) is 4.79 Å². The molecule has 24 heavy (non-hydrogen) atoms. The van der Waals surface area contributed by atoms with E-state index in [4.69, 9.17) is 0 Å². The summed E-state index contributed by atoms with van der Waals surface area (Å²) in [4.78, 5) is 26.2. The van der Waals surface area contributed by atoms with Crippen molar-refractivity contribution in [2.24, 2.45) is 11.8 Å². The first-order valence-corrected chi connectivity index (χ1v) is 9.65. The van der Waals surface area contributed by atoms with E-state index in [0.717, 1.165) is 44.3 Å². The molecule has 4 rings (SSSR count). The van der Waals surface area contributed by atoms with Crippen molar-refractivity contribution in [3.05, 3.63) is 18.5 Å². The summed E-state index contributed by atoms with van der Waals surface area (Å²) in [6.45, 7) is 2.77. The van der Waals surface area contributed by atoms with E-state index in [1.54, 1.807) is 12.4 Å². The van der Waals surface area contributed by atoms with Crippen molar-refractivity contribution in [2.45, 2.75) is 57.4 Å². The molecule has 2 saturated heterocycles. The van der Waals surface area contributed by atoms with Gasteiger partial charge in [-0.15, -0.1) is 0 Å². The normalized spacial score (nSPS) is 26.2. The van der Waals surface area contributed by atoms with Crippen molar-refractivity contribution in [3.8, 4) is 0 Å². The van der Waals surface area contributed by atoms with Crippen molar-refractivity contribution in [1.29, 1.82) is 0 Å². The highest BCUT2D eigenvalue weighted by atomic mass is 16.2. The van der Waals surface area contributed by atoms with Gasteiger partial charge in [-0.1, -0.05) is 12.8 Å². The molecule has 5 nitrogen and oxygen atoms in total. The van der Waals surface area contributed by atoms with Crippen LogP contribution in [0.2, 0.25) is 0 Å². The molecule has 1 aliphatic carbocycles. The number of rotatable bonds is 3. The molecule has 0 radical (unpaired) electrons. The van der Waals surface area contributed by atoms with Gasteiger partial charge in [-0.2, -0.15) is 0 Å². The Morgan fingerprint density at radius 2 is 1.62 bits per heavy atom. The van der Waals surface area contributed by atoms with Gasteiger partial charge in [-0.25, -0.2) is 9.97 Å². The maximum Gasteiger partial charge on any atom is 0.226 e. The summed E-state index contributed by atoms with van der Waals surface area (Å²) in [7, 11) is 0. The minimum Gasteiger partial charge on any atom is -0.341 e. The van der Waals surface area contributed by atoms with Crippen LogP contribution in [0.4, 0.5) is 5.95 Å². The molecule has 1 saturated carbocycles. The summed E-state index contributed by atoms with van der Waals surface area (Å²) in [5, 5.41) is 0. The van der Waals surface area contributed by atoms with E-state index in [1.807, 2.05) is 6.07 Å². The number of hydrogen-bond donors (Lipinski definition) is 0. The van der Waals surface area contributed by atoms with Crippen LogP contribution in [0.3, 0.4) is 0 Å². The van der Waals surface area contributed by atoms with Crippen LogP contribution in [0, 0.1) is 11.8 Å². The van der Waals surface area contributed by atoms with Crippen molar-refractivity contribution >= 4 is 11.9 Å². The van der Waals surface area contributed by atoms with Crippen LogP contribution in [0.1, 0.15) is 51.4 Å². The Morgan fingerprint density at radius 1 is 0.917 bits per heavy atom. The predicted molar refractivity (Wildman–Crippen MR) is 93.7 cm³/mol. The lowest BCUT2D eigenvalue weighted by molar-refractivity contribution is -0.138. The van der Waals surface area contributed by atoms with Crippen LogP contribution < -0.4 is 4.90 Å². The molecule has 1 aromatic rings. The number of piperidine rings is 1. The monoisotopic (exact) mass is 328 g/mol. The number of anilines is 1. The first-order chi connectivity index (χ1) is 11.8. The van der Waals surface area contributed by atoms with Gasteiger partial charge in [-0.3, -0.25) is 4.79 Å². The van der Waals surface area contributed by atoms with Gasteiger partial charge in [0.1, 0.15) is 0 Å². The minimum absolute atomic E-state index is 0.201. The molecule has 0 aromatic carbocycles. The fourth-order valence-electron chi connectivity index (χ4n) is 4.91. The molecule has 3 fully saturated rings. The molecule has 0 bridgehead atoms. The Kier molecular flexibility index (Phi) is 4.67. The average molecular weight is 328 g/mol. The second-order valence-electron chi connectivity index (χ2n) is 7.60. The second kappa shape index (κ2) is 7.08. The molecular formula is C19H28N4O. The van der Waals surface area contributed by atoms with Crippen LogP contribution >= 0.6 is 0 Å². The van der Waals surface area contributed by atoms with E-state index in [2.05, 4.69) is 19.8 Å². The van der Waals surface area contributed by atoms with Crippen molar-refractivity contribution in [3.63, 3.8) is 0 Å². The smallest absolute Gasteiger partial charge is 0.226 e. The van der Waals surface area contributed by atoms with Gasteiger partial charge in [0, 0.05) is 44.0 Å². The van der Waals surface area contributed by atoms with Gasteiger partial charge >= 0.3 is 0 Å². The molecule has 0 spiro atoms. The van der Waals surface area contributed by atoms with Crippen molar-refractivity contribution < 1.29 is 4.79 Å². The SMILES string of the molecule is O=C(C1CCN(c2ncccn2)CC1)N1CCC[C@H]1C1CCCC1. The van der Waals surface area contributed by atoms with Crippen molar-refractivity contribution in [1.82, 2.24) is 14.9 Å². The summed E-state index contributed by atoms with van der Waals surface area (Å²) in [5.41, 5.74) is 0. The Bertz CT molecular complexity index is 550. The van der Waals surface area contributed by atoms with E-state index < -0.39 is 0 Å². The Hall–Kier alpha value is -1.65. The topological polar surface area (TPSA) is 49.3 Å². The van der Waals surface area contributed by atoms with Crippen LogP contribution in [0.25, 0.3) is 0 Å². The zero-order valence-corrected chi connectivity index (χ0v) is 14.4. The number of nitrogens with zero attached hydrogens (tertiary/aromatic N) is 4. The van der Waals surface area contributed by atoms with Gasteiger partial charge in [-0.05, 0) is 50.5 Å². The van der Waals surface area contributed by atoms with Gasteiger partial charge in [0.25, 0.3) is 0 Å². The van der Waals surface area contributed by atoms with E-state index in [1.165, 1.54) is 38.5 Å². The molecule has 3 aliphatic rings. The minimum atomic E-state index is 0.201. The van der Waals surface area contributed by atoms with Gasteiger partial charge < -0.3 is 9.80 Å². The average Bonchev–Trinajstić information content (AvgIpc) is 3.33. The molecule has 5 heteroatoms. The third-order valence-corrected chi connectivity index (χ3v) is 6.21. The van der Waals surface area contributed by atoms with Crippen LogP contribution in [-0.4, -0.2) is 46.5 Å². The fraction of sp³-hybridized carbons (Fsp3) is 0.737. The maximum absolute atomic E-state index is 13.1. The highest BCUT2D eigenvalue weighted by molar-refractivity contribution is 5.79. The summed E-state index contributed by atoms with van der Waals surface area (Å²) in [6.07, 6.45) is 13.3. The summed E-state index contributed by atoms with van der Waals surface area (Å²) in [6, 6.07) is 2.38. The molecule has 0 unspecified atom stereocenters. The van der Waals surface area contributed by atoms with Crippen LogP contribution in [0.15, 0.2) is 18.5 Å². The summed E-state index contributed by atoms with van der Waals surface area (Å²) < 4.78 is 0. The number of carbonyl (C=O) groups excluding carboxylic acids is 1. The predicted octanol–water partition coefficient (Wildman–Crippen LogP) is 2.87. The lowest BCUT2D eigenvalue weighted by atomic mass is 9.92. The number of likely N-dealkylation sites (tertiary alicyclic amines) is 1. The van der Waals surface area contributed by atoms with E-state index >= 15 is 0 Å². The number of hydrogen-bond acceptors (Lipinski definition) is 4. The molecule has 3 heterocycles. The molecule has 1 aromatic heterocycles. The summed E-state index contributed by atoms with van der Waals surface area (Å²) in [5.74, 6) is 2.20. The lowest BCUT2D eigenvalue weighted by Gasteiger charge is -2.36. The van der Waals surface area contributed by atoms with Crippen LogP contribution in [0.5, 0.6) is 0 Å². The van der Waals surface area contributed by atoms with Crippen molar-refractivity contribution in [2.75, 3.05) is 24.5 Å². The quantitative estimate of drug-likeness (QED) is 0.856. The molecule has 1 atom stereocenters. The molecule has 2 aliphatic heterocycles. The highest BCUT2D eigenvalue weighted by Crippen LogP contribution is 2.36. The van der Waals surface area contributed by atoms with Crippen LogP contribution in [-0.2, 0) is 4.79 Å². The van der Waals surface area contributed by atoms with E-state index in [-0.39, 0.29) is 5.92 Å². The van der Waals surface area contributed by atoms with Gasteiger partial charge in [0.05, 0.1) is 0 Å². The van der Waals surface area contributed by atoms with Gasteiger partial charge in [0.2, 0.25) is 11.9 Å². The molecule has 130 valence electrons. The number of aromatic nitrogens is 2. The zero-order valence-electron chi connectivity index (χ0n) is 14.4. The first kappa shape index (κ1) is 15.9. The molecule has 1 amide bonds. The molecular weight excluding hydrogens is 300 g/mol.